The Hall–Kier alpha value is -0.843. The van der Waals surface area contributed by atoms with Crippen molar-refractivity contribution in [1.29, 1.82) is 0 Å². The molecule has 0 radical (unpaired) electrons. The highest BCUT2D eigenvalue weighted by atomic mass is 28.4. The van der Waals surface area contributed by atoms with Gasteiger partial charge in [0.05, 0.1) is 5.60 Å². The first-order chi connectivity index (χ1) is 13.4. The van der Waals surface area contributed by atoms with E-state index in [4.69, 9.17) is 10.2 Å². The quantitative estimate of drug-likeness (QED) is 0.630. The van der Waals surface area contributed by atoms with Crippen LogP contribution < -0.4 is 10.2 Å². The summed E-state index contributed by atoms with van der Waals surface area (Å²) >= 11 is 0. The third-order valence-electron chi connectivity index (χ3n) is 9.54. The van der Waals surface area contributed by atoms with Crippen molar-refractivity contribution in [1.82, 2.24) is 0 Å². The van der Waals surface area contributed by atoms with Gasteiger partial charge in [-0.2, -0.15) is 0 Å². The summed E-state index contributed by atoms with van der Waals surface area (Å²) in [5.74, 6) is 2.99. The van der Waals surface area contributed by atoms with Gasteiger partial charge in [0.25, 0.3) is 0 Å². The molecule has 2 fully saturated rings. The summed E-state index contributed by atoms with van der Waals surface area (Å²) in [4.78, 5) is 0. The van der Waals surface area contributed by atoms with Crippen LogP contribution in [0, 0.1) is 17.3 Å². The minimum absolute atomic E-state index is 0.00813. The van der Waals surface area contributed by atoms with E-state index in [-0.39, 0.29) is 10.5 Å². The lowest BCUT2D eigenvalue weighted by Gasteiger charge is -2.53. The molecule has 5 atom stereocenters. The molecule has 3 N–H and O–H groups in total. The molecule has 29 heavy (non-hydrogen) atoms. The summed E-state index contributed by atoms with van der Waals surface area (Å²) in [6.07, 6.45) is 6.65. The number of rotatable bonds is 3. The number of nitrogens with two attached hydrogens (primary N) is 1. The first kappa shape index (κ1) is 21.4. The average Bonchev–Trinajstić information content (AvgIpc) is 2.92. The highest BCUT2D eigenvalue weighted by Gasteiger charge is 2.60. The first-order valence-electron chi connectivity index (χ1n) is 11.7. The molecule has 2 saturated carbocycles. The normalized spacial score (nSPS) is 36.9. The molecule has 0 heterocycles. The molecule has 3 aliphatic carbocycles. The van der Waals surface area contributed by atoms with Crippen LogP contribution in [0.1, 0.15) is 76.8 Å². The van der Waals surface area contributed by atoms with Crippen LogP contribution in [0.4, 0.5) is 0 Å². The molecule has 162 valence electrons. The van der Waals surface area contributed by atoms with Gasteiger partial charge in [0.1, 0.15) is 5.75 Å². The molecule has 0 bridgehead atoms. The lowest BCUT2D eigenvalue weighted by Crippen LogP contribution is -2.54. The molecular weight excluding hydrogens is 374 g/mol. The Morgan fingerprint density at radius 1 is 1.17 bits per heavy atom. The van der Waals surface area contributed by atoms with Gasteiger partial charge in [-0.05, 0) is 97.7 Å². The molecule has 0 saturated heterocycles. The van der Waals surface area contributed by atoms with Crippen molar-refractivity contribution in [2.75, 3.05) is 6.54 Å². The molecule has 1 aromatic carbocycles. The van der Waals surface area contributed by atoms with E-state index in [9.17, 15) is 5.11 Å². The molecule has 4 heteroatoms. The van der Waals surface area contributed by atoms with E-state index >= 15 is 0 Å². The van der Waals surface area contributed by atoms with Crippen molar-refractivity contribution in [2.24, 2.45) is 23.0 Å². The van der Waals surface area contributed by atoms with Crippen molar-refractivity contribution >= 4 is 8.32 Å². The largest absolute Gasteiger partial charge is 0.543 e. The van der Waals surface area contributed by atoms with Gasteiger partial charge in [-0.3, -0.25) is 0 Å². The van der Waals surface area contributed by atoms with E-state index in [1.54, 1.807) is 5.56 Å². The predicted octanol–water partition coefficient (Wildman–Crippen LogP) is 5.62. The molecular formula is C25H41NO2Si. The van der Waals surface area contributed by atoms with E-state index in [2.05, 4.69) is 59.0 Å². The third-order valence-corrected chi connectivity index (χ3v) is 13.9. The predicted molar refractivity (Wildman–Crippen MR) is 123 cm³/mol. The summed E-state index contributed by atoms with van der Waals surface area (Å²) < 4.78 is 6.59. The van der Waals surface area contributed by atoms with Gasteiger partial charge >= 0.3 is 0 Å². The Morgan fingerprint density at radius 2 is 1.90 bits per heavy atom. The Kier molecular flexibility index (Phi) is 5.04. The molecule has 0 aromatic heterocycles. The number of hydrogen-bond acceptors (Lipinski definition) is 3. The van der Waals surface area contributed by atoms with E-state index in [0.717, 1.165) is 31.4 Å². The topological polar surface area (TPSA) is 55.5 Å². The Balaban J connectivity index is 1.58. The maximum absolute atomic E-state index is 11.2. The van der Waals surface area contributed by atoms with Gasteiger partial charge in [0, 0.05) is 12.0 Å². The monoisotopic (exact) mass is 415 g/mol. The summed E-state index contributed by atoms with van der Waals surface area (Å²) in [6, 6.07) is 6.92. The molecule has 1 aromatic rings. The Labute approximate surface area is 178 Å². The van der Waals surface area contributed by atoms with E-state index in [0.29, 0.717) is 24.3 Å². The fourth-order valence-corrected chi connectivity index (χ4v) is 7.54. The van der Waals surface area contributed by atoms with Crippen molar-refractivity contribution in [3.8, 4) is 5.75 Å². The molecule has 0 spiro atoms. The molecule has 3 aliphatic rings. The highest BCUT2D eigenvalue weighted by molar-refractivity contribution is 6.74. The van der Waals surface area contributed by atoms with Gasteiger partial charge < -0.3 is 15.3 Å². The zero-order chi connectivity index (χ0) is 21.2. The second kappa shape index (κ2) is 6.83. The highest BCUT2D eigenvalue weighted by Crippen LogP contribution is 2.64. The van der Waals surface area contributed by atoms with Crippen LogP contribution in [0.2, 0.25) is 18.1 Å². The van der Waals surface area contributed by atoms with Crippen LogP contribution in [0.5, 0.6) is 5.75 Å². The third kappa shape index (κ3) is 3.21. The van der Waals surface area contributed by atoms with Gasteiger partial charge in [0.2, 0.25) is 8.32 Å². The average molecular weight is 416 g/mol. The fraction of sp³-hybridized carbons (Fsp3) is 0.760. The van der Waals surface area contributed by atoms with Gasteiger partial charge in [-0.1, -0.05) is 33.8 Å². The number of benzene rings is 1. The number of hydrogen-bond donors (Lipinski definition) is 2. The zero-order valence-electron chi connectivity index (χ0n) is 19.3. The number of fused-ring (bicyclic) bond motifs is 5. The van der Waals surface area contributed by atoms with E-state index < -0.39 is 13.9 Å². The number of aliphatic hydroxyl groups is 1. The van der Waals surface area contributed by atoms with Crippen molar-refractivity contribution in [2.45, 2.75) is 95.9 Å². The van der Waals surface area contributed by atoms with Crippen molar-refractivity contribution in [3.63, 3.8) is 0 Å². The maximum Gasteiger partial charge on any atom is 0.250 e. The first-order valence-corrected chi connectivity index (χ1v) is 14.6. The minimum atomic E-state index is -1.81. The Morgan fingerprint density at radius 3 is 2.55 bits per heavy atom. The smallest absolute Gasteiger partial charge is 0.250 e. The standard InChI is InChI=1S/C25H41NO2Si/c1-23(2,3)29(5,6)28-18-8-10-19-17(15-18)7-9-21-20(19)11-13-24(4)22(21)12-14-25(24,27)16-26/h8,10,15,20-22,27H,7,9,11-14,16,26H2,1-6H3/t20-,21-,22+,24+,25-/m1/s1. The lowest BCUT2D eigenvalue weighted by molar-refractivity contribution is -0.0959. The molecule has 4 rings (SSSR count). The summed E-state index contributed by atoms with van der Waals surface area (Å²) in [6.45, 7) is 14.3. The molecule has 0 unspecified atom stereocenters. The maximum atomic E-state index is 11.2. The second-order valence-electron chi connectivity index (χ2n) is 11.9. The minimum Gasteiger partial charge on any atom is -0.543 e. The molecule has 0 amide bonds. The van der Waals surface area contributed by atoms with Gasteiger partial charge in [0.15, 0.2) is 0 Å². The van der Waals surface area contributed by atoms with Crippen LogP contribution in [0.15, 0.2) is 18.2 Å². The van der Waals surface area contributed by atoms with Crippen LogP contribution in [-0.4, -0.2) is 25.6 Å². The summed E-state index contributed by atoms with van der Waals surface area (Å²) in [5.41, 5.74) is 8.42. The van der Waals surface area contributed by atoms with Crippen LogP contribution >= 0.6 is 0 Å². The van der Waals surface area contributed by atoms with Crippen LogP contribution in [0.25, 0.3) is 0 Å². The van der Waals surface area contributed by atoms with Crippen LogP contribution in [-0.2, 0) is 6.42 Å². The zero-order valence-corrected chi connectivity index (χ0v) is 20.3. The van der Waals surface area contributed by atoms with Gasteiger partial charge in [-0.25, -0.2) is 0 Å². The van der Waals surface area contributed by atoms with Crippen molar-refractivity contribution < 1.29 is 9.53 Å². The van der Waals surface area contributed by atoms with E-state index in [1.807, 2.05) is 0 Å². The molecule has 3 nitrogen and oxygen atoms in total. The Bertz CT molecular complexity index is 786. The summed E-state index contributed by atoms with van der Waals surface area (Å²) in [7, 11) is -1.81. The van der Waals surface area contributed by atoms with E-state index in [1.165, 1.54) is 18.4 Å². The van der Waals surface area contributed by atoms with Crippen molar-refractivity contribution in [3.05, 3.63) is 29.3 Å². The fourth-order valence-electron chi connectivity index (χ4n) is 6.52. The van der Waals surface area contributed by atoms with Crippen LogP contribution in [0.3, 0.4) is 0 Å². The SMILES string of the molecule is CC(C)(C)[Si](C)(C)Oc1ccc2c(c1)CC[C@@H]1[C@@H]2CC[C@@]2(C)[C@H]1CC[C@@]2(O)CN. The lowest BCUT2D eigenvalue weighted by atomic mass is 9.53. The number of aryl methyl sites for hydroxylation is 1. The summed E-state index contributed by atoms with van der Waals surface area (Å²) in [5, 5.41) is 11.4. The molecule has 0 aliphatic heterocycles. The second-order valence-corrected chi connectivity index (χ2v) is 16.6. The van der Waals surface area contributed by atoms with Gasteiger partial charge in [-0.15, -0.1) is 0 Å².